The molecule has 9 atom stereocenters. The number of alkyl carbamates (subject to hydrolysis) is 1. The van der Waals surface area contributed by atoms with Crippen molar-refractivity contribution in [2.75, 3.05) is 39.0 Å². The van der Waals surface area contributed by atoms with Crippen LogP contribution in [0.2, 0.25) is 5.02 Å². The van der Waals surface area contributed by atoms with E-state index in [1.54, 1.807) is 38.1 Å². The molecule has 2 fully saturated rings. The summed E-state index contributed by atoms with van der Waals surface area (Å²) in [7, 11) is 5.95. The number of halogens is 1. The number of amides is 3. The second-order valence-electron chi connectivity index (χ2n) is 14.5. The fourth-order valence-corrected chi connectivity index (χ4v) is 7.49. The van der Waals surface area contributed by atoms with Gasteiger partial charge < -0.3 is 38.6 Å². The number of likely N-dealkylation sites (N-methyl/N-ethyl adjacent to an activating group) is 2. The van der Waals surface area contributed by atoms with E-state index in [1.165, 1.54) is 45.0 Å². The Balaban J connectivity index is 1.84. The van der Waals surface area contributed by atoms with Crippen molar-refractivity contribution in [3.63, 3.8) is 0 Å². The number of esters is 1. The van der Waals surface area contributed by atoms with E-state index in [0.717, 1.165) is 11.1 Å². The van der Waals surface area contributed by atoms with Crippen LogP contribution in [-0.4, -0.2) is 109 Å². The Kier molecular flexibility index (Phi) is 12.7. The highest BCUT2D eigenvalue weighted by Gasteiger charge is 2.64. The number of nitrogens with one attached hydrogen (secondary N) is 1. The molecule has 3 unspecified atom stereocenters. The highest BCUT2D eigenvalue weighted by atomic mass is 35.5. The summed E-state index contributed by atoms with van der Waals surface area (Å²) in [5, 5.41) is 14.6. The molecule has 13 nitrogen and oxygen atoms in total. The molecule has 3 aliphatic heterocycles. The number of carbonyl (C=O) groups is 4. The van der Waals surface area contributed by atoms with Crippen LogP contribution in [0, 0.1) is 5.92 Å². The van der Waals surface area contributed by atoms with E-state index in [9.17, 15) is 24.3 Å². The van der Waals surface area contributed by atoms with Crippen LogP contribution in [0.1, 0.15) is 72.3 Å². The zero-order valence-corrected chi connectivity index (χ0v) is 33.2. The van der Waals surface area contributed by atoms with Crippen molar-refractivity contribution in [3.05, 3.63) is 46.5 Å². The van der Waals surface area contributed by atoms with E-state index in [1.807, 2.05) is 26.8 Å². The number of ether oxygens (including phenoxy) is 5. The number of thiol groups is 1. The number of fused-ring (bicyclic) bond motifs is 5. The van der Waals surface area contributed by atoms with Gasteiger partial charge in [0.2, 0.25) is 5.91 Å². The number of nitrogens with zero attached hydrogens (tertiary/aromatic N) is 2. The molecule has 0 spiro atoms. The molecule has 0 aromatic heterocycles. The van der Waals surface area contributed by atoms with Crippen LogP contribution in [0.3, 0.4) is 0 Å². The minimum Gasteiger partial charge on any atom is -0.495 e. The number of hydrogen-bond donors (Lipinski definition) is 3. The van der Waals surface area contributed by atoms with Gasteiger partial charge >= 0.3 is 12.1 Å². The molecular formula is C37H52ClN3O10S. The van der Waals surface area contributed by atoms with Crippen LogP contribution in [-0.2, 0) is 33.3 Å². The van der Waals surface area contributed by atoms with Crippen molar-refractivity contribution in [2.24, 2.45) is 5.92 Å². The van der Waals surface area contributed by atoms with Crippen LogP contribution >= 0.6 is 24.2 Å². The number of benzene rings is 1. The Morgan fingerprint density at radius 2 is 1.88 bits per heavy atom. The van der Waals surface area contributed by atoms with Crippen molar-refractivity contribution in [2.45, 2.75) is 108 Å². The lowest BCUT2D eigenvalue weighted by molar-refractivity contribution is -0.173. The van der Waals surface area contributed by atoms with Crippen molar-refractivity contribution in [3.8, 4) is 5.75 Å². The highest BCUT2D eigenvalue weighted by molar-refractivity contribution is 7.80. The topological polar surface area (TPSA) is 156 Å². The SMILES string of the molecule is COc1cc2cc(c1Cl)N(C)C(=O)C(OC(=O)[C@H](C)N(C)C(=O)CCS)C[C@@]1(C)O[C@H]1[C@H](C)[C@]1(C)C[C@@](O)(NC(=O)O1)C(OC)/C=C/C=C(\C)C2C. The number of carbonyl (C=O) groups excluding carboxylic acids is 4. The number of aliphatic hydroxyl groups is 1. The first-order valence-electron chi connectivity index (χ1n) is 17.3. The molecule has 3 aliphatic rings. The van der Waals surface area contributed by atoms with Gasteiger partial charge in [0.1, 0.15) is 28.5 Å². The lowest BCUT2D eigenvalue weighted by atomic mass is 9.76. The van der Waals surface area contributed by atoms with E-state index in [0.29, 0.717) is 17.2 Å². The second-order valence-corrected chi connectivity index (χ2v) is 15.3. The van der Waals surface area contributed by atoms with Crippen LogP contribution in [0.5, 0.6) is 5.75 Å². The normalized spacial score (nSPS) is 34.4. The van der Waals surface area contributed by atoms with Crippen molar-refractivity contribution < 1.29 is 48.0 Å². The molecule has 1 aromatic carbocycles. The molecule has 0 radical (unpaired) electrons. The largest absolute Gasteiger partial charge is 0.495 e. The average molecular weight is 766 g/mol. The van der Waals surface area contributed by atoms with E-state index in [2.05, 4.69) is 17.9 Å². The molecular weight excluding hydrogens is 714 g/mol. The fraction of sp³-hybridized carbons (Fsp3) is 0.622. The maximum Gasteiger partial charge on any atom is 0.410 e. The van der Waals surface area contributed by atoms with Crippen LogP contribution in [0.15, 0.2) is 35.9 Å². The van der Waals surface area contributed by atoms with Crippen LogP contribution < -0.4 is 15.0 Å². The Morgan fingerprint density at radius 3 is 2.50 bits per heavy atom. The molecule has 52 heavy (non-hydrogen) atoms. The molecule has 1 aromatic rings. The predicted octanol–water partition coefficient (Wildman–Crippen LogP) is 4.79. The van der Waals surface area contributed by atoms with E-state index in [-0.39, 0.29) is 36.1 Å². The molecule has 3 amide bonds. The first kappa shape index (κ1) is 41.5. The fourth-order valence-electron chi connectivity index (χ4n) is 6.99. The summed E-state index contributed by atoms with van der Waals surface area (Å²) in [6, 6.07) is 2.56. The Labute approximate surface area is 316 Å². The number of rotatable bonds is 7. The summed E-state index contributed by atoms with van der Waals surface area (Å²) >= 11 is 10.9. The maximum absolute atomic E-state index is 14.5. The Hall–Kier alpha value is -3.30. The van der Waals surface area contributed by atoms with E-state index >= 15 is 0 Å². The van der Waals surface area contributed by atoms with Gasteiger partial charge in [0, 0.05) is 52.3 Å². The summed E-state index contributed by atoms with van der Waals surface area (Å²) < 4.78 is 29.3. The highest BCUT2D eigenvalue weighted by Crippen LogP contribution is 2.51. The predicted molar refractivity (Wildman–Crippen MR) is 199 cm³/mol. The third kappa shape index (κ3) is 8.41. The molecule has 4 bridgehead atoms. The van der Waals surface area contributed by atoms with Gasteiger partial charge in [0.05, 0.1) is 24.5 Å². The summed E-state index contributed by atoms with van der Waals surface area (Å²) in [5.41, 5.74) is -2.09. The molecule has 2 N–H and O–H groups in total. The quantitative estimate of drug-likeness (QED) is 0.201. The standard InChI is InChI=1S/C37H52ClN3O10S/c1-20-12-11-13-28(48-10)37(46)19-36(6,51-34(45)39-37)22(3)31-35(5,50-31)18-27(49-33(44)23(4)40(7)29(42)14-15-52)32(43)41(8)25-16-24(21(20)2)17-26(47-9)30(25)38/h11-13,16-17,21-23,27-28,31,46,52H,14-15,18-19H2,1-10H3,(H,39,45)/b13-11+,20-12+/t21?,22-,23-,27?,28?,31-,35+,36-,37-/m0/s1. The van der Waals surface area contributed by atoms with Gasteiger partial charge in [0.15, 0.2) is 11.8 Å². The lowest BCUT2D eigenvalue weighted by Crippen LogP contribution is -2.67. The van der Waals surface area contributed by atoms with Gasteiger partial charge in [-0.3, -0.25) is 14.9 Å². The number of epoxide rings is 1. The maximum atomic E-state index is 14.5. The Bertz CT molecular complexity index is 1620. The van der Waals surface area contributed by atoms with E-state index < -0.39 is 65.2 Å². The van der Waals surface area contributed by atoms with Crippen LogP contribution in [0.4, 0.5) is 10.5 Å². The van der Waals surface area contributed by atoms with Crippen LogP contribution in [0.25, 0.3) is 0 Å². The third-order valence-corrected chi connectivity index (χ3v) is 11.5. The number of methoxy groups -OCH3 is 2. The van der Waals surface area contributed by atoms with Gasteiger partial charge in [-0.2, -0.15) is 12.6 Å². The summed E-state index contributed by atoms with van der Waals surface area (Å²) in [5.74, 6) is -1.76. The summed E-state index contributed by atoms with van der Waals surface area (Å²) in [4.78, 5) is 56.3. The third-order valence-electron chi connectivity index (χ3n) is 10.9. The zero-order valence-electron chi connectivity index (χ0n) is 31.5. The molecule has 0 saturated carbocycles. The first-order chi connectivity index (χ1) is 24.2. The second kappa shape index (κ2) is 16.0. The summed E-state index contributed by atoms with van der Waals surface area (Å²) in [6.45, 7) is 10.8. The molecule has 288 valence electrons. The van der Waals surface area contributed by atoms with Gasteiger partial charge in [-0.05, 0) is 51.1 Å². The first-order valence-corrected chi connectivity index (χ1v) is 18.3. The molecule has 15 heteroatoms. The molecule has 4 rings (SSSR count). The molecule has 3 heterocycles. The number of hydrogen-bond acceptors (Lipinski definition) is 11. The van der Waals surface area contributed by atoms with Gasteiger partial charge in [-0.25, -0.2) is 9.59 Å². The molecule has 0 aliphatic carbocycles. The zero-order chi connectivity index (χ0) is 38.9. The average Bonchev–Trinajstić information content (AvgIpc) is 3.76. The summed E-state index contributed by atoms with van der Waals surface area (Å²) in [6.07, 6.45) is 1.53. The van der Waals surface area contributed by atoms with Gasteiger partial charge in [-0.15, -0.1) is 0 Å². The van der Waals surface area contributed by atoms with Gasteiger partial charge in [0.25, 0.3) is 5.91 Å². The lowest BCUT2D eigenvalue weighted by Gasteiger charge is -2.47. The minimum absolute atomic E-state index is 0.0564. The number of allylic oxidation sites excluding steroid dienone is 3. The number of anilines is 1. The van der Waals surface area contributed by atoms with Crippen molar-refractivity contribution >= 4 is 53.8 Å². The minimum atomic E-state index is -1.84. The van der Waals surface area contributed by atoms with Crippen molar-refractivity contribution in [1.29, 1.82) is 0 Å². The Morgan fingerprint density at radius 1 is 1.21 bits per heavy atom. The smallest absolute Gasteiger partial charge is 0.410 e. The van der Waals surface area contributed by atoms with Crippen molar-refractivity contribution in [1.82, 2.24) is 10.2 Å². The molecule has 2 saturated heterocycles. The van der Waals surface area contributed by atoms with Gasteiger partial charge in [-0.1, -0.05) is 49.2 Å². The van der Waals surface area contributed by atoms with E-state index in [4.69, 9.17) is 35.3 Å². The monoisotopic (exact) mass is 765 g/mol.